The lowest BCUT2D eigenvalue weighted by molar-refractivity contribution is -0.0664. The maximum Gasteiger partial charge on any atom is 0.510 e. The highest BCUT2D eigenvalue weighted by atomic mass is 17.0. The second-order valence-corrected chi connectivity index (χ2v) is 1.29. The quantitative estimate of drug-likeness (QED) is 0.467. The summed E-state index contributed by atoms with van der Waals surface area (Å²) in [5.74, 6) is 0. The summed E-state index contributed by atoms with van der Waals surface area (Å²) >= 11 is 0. The average Bonchev–Trinajstić information content (AvgIpc) is 2.71. The first kappa shape index (κ1) is 6.59. The fourth-order valence-corrected chi connectivity index (χ4v) is 0.251. The van der Waals surface area contributed by atoms with Crippen LogP contribution in [-0.4, -0.2) is 30.3 Å². The summed E-state index contributed by atoms with van der Waals surface area (Å²) < 4.78 is 12.7. The Morgan fingerprint density at radius 3 is 3.00 bits per heavy atom. The number of carbonyl (C=O) groups is 1. The maximum atomic E-state index is 10.2. The molecule has 0 aliphatic carbocycles. The first-order chi connectivity index (χ1) is 4.83. The van der Waals surface area contributed by atoms with E-state index in [1.807, 2.05) is 0 Å². The number of aromatic nitrogens is 2. The molecule has 10 heavy (non-hydrogen) atoms. The molecule has 7 heteroatoms. The standard InChI is InChI=1S/C3H6N2O5/c1-7-3(6)8-2-9-5-4-10-5/h4H,2H2,1H3. The van der Waals surface area contributed by atoms with Gasteiger partial charge in [0.1, 0.15) is 0 Å². The van der Waals surface area contributed by atoms with Crippen LogP contribution in [0, 0.1) is 0 Å². The van der Waals surface area contributed by atoms with Crippen molar-refractivity contribution >= 4 is 6.16 Å². The third-order valence-electron chi connectivity index (χ3n) is 0.679. The number of nitrogens with one attached hydrogen (secondary N) is 1. The van der Waals surface area contributed by atoms with Crippen LogP contribution >= 0.6 is 0 Å². The molecule has 0 fully saturated rings. The summed E-state index contributed by atoms with van der Waals surface area (Å²) in [5.41, 5.74) is 0. The Hall–Kier alpha value is -1.53. The first-order valence-electron chi connectivity index (χ1n) is 2.39. The molecule has 0 saturated heterocycles. The molecule has 0 radical (unpaired) electrons. The molecule has 7 nitrogen and oxygen atoms in total. The zero-order valence-corrected chi connectivity index (χ0v) is 5.20. The van der Waals surface area contributed by atoms with E-state index in [0.717, 1.165) is 5.02 Å². The Labute approximate surface area is 55.3 Å². The number of H-pyrrole nitrogens is 1. The van der Waals surface area contributed by atoms with E-state index in [-0.39, 0.29) is 6.79 Å². The minimum atomic E-state index is -0.804. The van der Waals surface area contributed by atoms with Crippen LogP contribution in [0.5, 0.6) is 0 Å². The van der Waals surface area contributed by atoms with Crippen LogP contribution in [0.4, 0.5) is 4.79 Å². The molecule has 0 aromatic carbocycles. The summed E-state index contributed by atoms with van der Waals surface area (Å²) in [4.78, 5) is 14.7. The van der Waals surface area contributed by atoms with Crippen molar-refractivity contribution in [3.8, 4) is 0 Å². The summed E-state index contributed by atoms with van der Waals surface area (Å²) in [6.07, 6.45) is -0.804. The molecule has 1 heterocycles. The Kier molecular flexibility index (Phi) is 1.88. The zero-order valence-electron chi connectivity index (χ0n) is 5.20. The molecule has 0 amide bonds. The van der Waals surface area contributed by atoms with Gasteiger partial charge in [0, 0.05) is 0 Å². The second-order valence-electron chi connectivity index (χ2n) is 1.29. The Morgan fingerprint density at radius 2 is 2.50 bits per heavy atom. The molecule has 0 aliphatic heterocycles. The van der Waals surface area contributed by atoms with Gasteiger partial charge < -0.3 is 14.3 Å². The van der Waals surface area contributed by atoms with Gasteiger partial charge in [-0.3, -0.25) is 0 Å². The second kappa shape index (κ2) is 2.85. The Balaban J connectivity index is 1.95. The molecular formula is C3H6N2O5. The van der Waals surface area contributed by atoms with Crippen LogP contribution in [0.15, 0.2) is 4.63 Å². The molecule has 0 spiro atoms. The maximum absolute atomic E-state index is 10.2. The van der Waals surface area contributed by atoms with Gasteiger partial charge in [0.25, 0.3) is 6.79 Å². The van der Waals surface area contributed by atoms with Crippen molar-refractivity contribution in [1.29, 1.82) is 0 Å². The van der Waals surface area contributed by atoms with Crippen molar-refractivity contribution in [2.45, 2.75) is 0 Å². The number of hydrogen-bond donors (Lipinski definition) is 1. The van der Waals surface area contributed by atoms with Crippen LogP contribution in [0.3, 0.4) is 0 Å². The number of ether oxygens (including phenoxy) is 2. The molecule has 0 aliphatic rings. The van der Waals surface area contributed by atoms with Crippen molar-refractivity contribution in [3.63, 3.8) is 0 Å². The van der Waals surface area contributed by atoms with E-state index in [9.17, 15) is 4.79 Å². The highest BCUT2D eigenvalue weighted by Crippen LogP contribution is 1.82. The van der Waals surface area contributed by atoms with Gasteiger partial charge in [-0.15, -0.1) is 0 Å². The third-order valence-corrected chi connectivity index (χ3v) is 0.679. The van der Waals surface area contributed by atoms with E-state index >= 15 is 0 Å². The number of nitrogens with zero attached hydrogens (tertiary/aromatic N) is 1. The normalized spacial score (nSPS) is 9.30. The SMILES string of the molecule is COC(=O)OCOn1[nH]o1. The first-order valence-corrected chi connectivity index (χ1v) is 2.39. The largest absolute Gasteiger partial charge is 0.510 e. The third kappa shape index (κ3) is 2.16. The van der Waals surface area contributed by atoms with Gasteiger partial charge in [-0.1, -0.05) is 5.27 Å². The van der Waals surface area contributed by atoms with Crippen LogP contribution in [0.1, 0.15) is 0 Å². The van der Waals surface area contributed by atoms with Gasteiger partial charge in [0.2, 0.25) is 0 Å². The number of methoxy groups -OCH3 is 1. The molecule has 0 unspecified atom stereocenters. The van der Waals surface area contributed by atoms with Gasteiger partial charge in [0.05, 0.1) is 12.1 Å². The van der Waals surface area contributed by atoms with Gasteiger partial charge in [-0.25, -0.2) is 9.42 Å². The Bertz CT molecular complexity index is 178. The summed E-state index contributed by atoms with van der Waals surface area (Å²) in [7, 11) is 1.20. The highest BCUT2D eigenvalue weighted by molar-refractivity contribution is 5.59. The predicted octanol–water partition coefficient (Wildman–Crippen LogP) is -0.422. The fraction of sp³-hybridized carbons (Fsp3) is 0.667. The van der Waals surface area contributed by atoms with Crippen molar-refractivity contribution < 1.29 is 23.7 Å². The van der Waals surface area contributed by atoms with Gasteiger partial charge in [-0.2, -0.15) is 0 Å². The highest BCUT2D eigenvalue weighted by Gasteiger charge is 2.01. The average molecular weight is 150 g/mol. The molecule has 0 bridgehead atoms. The lowest BCUT2D eigenvalue weighted by Gasteiger charge is -1.98. The number of aromatic amines is 1. The van der Waals surface area contributed by atoms with E-state index in [0.29, 0.717) is 0 Å². The molecule has 1 aromatic rings. The van der Waals surface area contributed by atoms with Crippen LogP contribution < -0.4 is 4.84 Å². The van der Waals surface area contributed by atoms with Crippen LogP contribution in [0.2, 0.25) is 0 Å². The summed E-state index contributed by atoms with van der Waals surface area (Å²) in [6, 6.07) is 0. The zero-order chi connectivity index (χ0) is 7.40. The molecule has 0 saturated carbocycles. The van der Waals surface area contributed by atoms with Crippen LogP contribution in [-0.2, 0) is 9.47 Å². The van der Waals surface area contributed by atoms with Gasteiger partial charge >= 0.3 is 6.16 Å². The fourth-order valence-electron chi connectivity index (χ4n) is 0.251. The molecule has 1 aromatic heterocycles. The van der Waals surface area contributed by atoms with Gasteiger partial charge in [-0.05, 0) is 0 Å². The summed E-state index contributed by atoms with van der Waals surface area (Å²) in [5, 5.41) is 3.12. The molecule has 0 atom stereocenters. The van der Waals surface area contributed by atoms with E-state index in [1.54, 1.807) is 0 Å². The monoisotopic (exact) mass is 150 g/mol. The van der Waals surface area contributed by atoms with Crippen molar-refractivity contribution in [1.82, 2.24) is 10.3 Å². The van der Waals surface area contributed by atoms with Gasteiger partial charge in [0.15, 0.2) is 0 Å². The predicted molar refractivity (Wildman–Crippen MR) is 26.0 cm³/mol. The topological polar surface area (TPSA) is 78.6 Å². The van der Waals surface area contributed by atoms with Crippen molar-refractivity contribution in [3.05, 3.63) is 0 Å². The molecular weight excluding hydrogens is 144 g/mol. The van der Waals surface area contributed by atoms with E-state index in [2.05, 4.69) is 24.2 Å². The number of hydrogen-bond acceptors (Lipinski definition) is 5. The smallest absolute Gasteiger partial charge is 0.438 e. The summed E-state index contributed by atoms with van der Waals surface area (Å²) in [6.45, 7) is -0.250. The van der Waals surface area contributed by atoms with E-state index < -0.39 is 6.16 Å². The van der Waals surface area contributed by atoms with Crippen LogP contribution in [0.25, 0.3) is 0 Å². The van der Waals surface area contributed by atoms with Crippen molar-refractivity contribution in [2.75, 3.05) is 13.9 Å². The van der Waals surface area contributed by atoms with E-state index in [1.165, 1.54) is 7.11 Å². The van der Waals surface area contributed by atoms with Crippen molar-refractivity contribution in [2.24, 2.45) is 0 Å². The molecule has 1 N–H and O–H groups in total. The minimum Gasteiger partial charge on any atom is -0.438 e. The molecule has 58 valence electrons. The minimum absolute atomic E-state index is 0.250. The Morgan fingerprint density at radius 1 is 1.80 bits per heavy atom. The lowest BCUT2D eigenvalue weighted by atomic mass is 11.3. The number of rotatable bonds is 3. The number of carbonyl (C=O) groups excluding carboxylic acids is 1. The molecule has 1 rings (SSSR count). The lowest BCUT2D eigenvalue weighted by Crippen LogP contribution is -2.14. The van der Waals surface area contributed by atoms with E-state index in [4.69, 9.17) is 0 Å².